The molecule has 0 spiro atoms. The smallest absolute Gasteiger partial charge is 0.379 e. The van der Waals surface area contributed by atoms with E-state index >= 15 is 0 Å². The Hall–Kier alpha value is -2.49. The van der Waals surface area contributed by atoms with Gasteiger partial charge in [0.2, 0.25) is 5.76 Å². The molecule has 84 valence electrons. The van der Waals surface area contributed by atoms with Gasteiger partial charge in [-0.25, -0.2) is 4.79 Å². The predicted octanol–water partition coefficient (Wildman–Crippen LogP) is 3.25. The molecule has 0 saturated carbocycles. The minimum Gasteiger partial charge on any atom is -0.464 e. The standard InChI is InChI=1S/C13H8O4/c14-13(11-2-1-6-15-11)17-10-4-3-9-5-7-16-12(9)8-10/h1-8H. The van der Waals surface area contributed by atoms with Crippen molar-refractivity contribution in [2.24, 2.45) is 0 Å². The SMILES string of the molecule is O=C(Oc1ccc2ccoc2c1)c1ccco1. The molecule has 4 nitrogen and oxygen atoms in total. The molecule has 3 rings (SSSR count). The molecule has 0 fully saturated rings. The zero-order valence-electron chi connectivity index (χ0n) is 8.75. The van der Waals surface area contributed by atoms with E-state index in [1.54, 1.807) is 30.5 Å². The average molecular weight is 228 g/mol. The fraction of sp³-hybridized carbons (Fsp3) is 0. The first-order chi connectivity index (χ1) is 8.33. The highest BCUT2D eigenvalue weighted by molar-refractivity contribution is 5.88. The summed E-state index contributed by atoms with van der Waals surface area (Å²) in [4.78, 5) is 11.6. The Morgan fingerprint density at radius 1 is 1.06 bits per heavy atom. The van der Waals surface area contributed by atoms with E-state index in [2.05, 4.69) is 0 Å². The minimum atomic E-state index is -0.527. The van der Waals surface area contributed by atoms with Gasteiger partial charge in [0.1, 0.15) is 11.3 Å². The number of carbonyl (C=O) groups excluding carboxylic acids is 1. The lowest BCUT2D eigenvalue weighted by Gasteiger charge is -2.01. The summed E-state index contributed by atoms with van der Waals surface area (Å²) in [6.45, 7) is 0. The van der Waals surface area contributed by atoms with Crippen LogP contribution in [0.1, 0.15) is 10.6 Å². The first kappa shape index (κ1) is 9.72. The molecule has 17 heavy (non-hydrogen) atoms. The average Bonchev–Trinajstić information content (AvgIpc) is 2.99. The summed E-state index contributed by atoms with van der Waals surface area (Å²) < 4.78 is 15.3. The molecule has 0 atom stereocenters. The van der Waals surface area contributed by atoms with Crippen molar-refractivity contribution in [2.45, 2.75) is 0 Å². The molecule has 2 aromatic heterocycles. The molecule has 0 saturated heterocycles. The van der Waals surface area contributed by atoms with Crippen LogP contribution in [0.4, 0.5) is 0 Å². The lowest BCUT2D eigenvalue weighted by molar-refractivity contribution is 0.0701. The highest BCUT2D eigenvalue weighted by Crippen LogP contribution is 2.22. The third-order valence-corrected chi connectivity index (χ3v) is 2.36. The molecule has 0 bridgehead atoms. The molecule has 0 aliphatic rings. The fourth-order valence-electron chi connectivity index (χ4n) is 1.55. The lowest BCUT2D eigenvalue weighted by atomic mass is 10.2. The van der Waals surface area contributed by atoms with Crippen LogP contribution in [-0.2, 0) is 0 Å². The second-order valence-corrected chi connectivity index (χ2v) is 3.49. The van der Waals surface area contributed by atoms with Gasteiger partial charge in [-0.05, 0) is 30.3 Å². The molecule has 0 amide bonds. The topological polar surface area (TPSA) is 52.6 Å². The van der Waals surface area contributed by atoms with E-state index < -0.39 is 5.97 Å². The van der Waals surface area contributed by atoms with E-state index in [0.29, 0.717) is 11.3 Å². The van der Waals surface area contributed by atoms with Gasteiger partial charge in [0.15, 0.2) is 0 Å². The van der Waals surface area contributed by atoms with Gasteiger partial charge in [0.25, 0.3) is 0 Å². The monoisotopic (exact) mass is 228 g/mol. The van der Waals surface area contributed by atoms with Crippen LogP contribution in [0.3, 0.4) is 0 Å². The van der Waals surface area contributed by atoms with Crippen LogP contribution in [-0.4, -0.2) is 5.97 Å². The van der Waals surface area contributed by atoms with Crippen LogP contribution in [0, 0.1) is 0 Å². The van der Waals surface area contributed by atoms with E-state index in [4.69, 9.17) is 13.6 Å². The van der Waals surface area contributed by atoms with Crippen LogP contribution in [0.15, 0.2) is 57.8 Å². The number of hydrogen-bond donors (Lipinski definition) is 0. The Labute approximate surface area is 96.4 Å². The van der Waals surface area contributed by atoms with Gasteiger partial charge in [0, 0.05) is 11.5 Å². The van der Waals surface area contributed by atoms with E-state index in [-0.39, 0.29) is 5.76 Å². The van der Waals surface area contributed by atoms with E-state index in [9.17, 15) is 4.79 Å². The molecule has 0 N–H and O–H groups in total. The van der Waals surface area contributed by atoms with Crippen molar-refractivity contribution in [1.82, 2.24) is 0 Å². The maximum atomic E-state index is 11.6. The van der Waals surface area contributed by atoms with Crippen molar-refractivity contribution < 1.29 is 18.4 Å². The number of fused-ring (bicyclic) bond motifs is 1. The fourth-order valence-corrected chi connectivity index (χ4v) is 1.55. The highest BCUT2D eigenvalue weighted by atomic mass is 16.5. The van der Waals surface area contributed by atoms with Gasteiger partial charge in [-0.15, -0.1) is 0 Å². The summed E-state index contributed by atoms with van der Waals surface area (Å²) in [6, 6.07) is 10.2. The summed E-state index contributed by atoms with van der Waals surface area (Å²) in [5, 5.41) is 0.961. The van der Waals surface area contributed by atoms with Crippen molar-refractivity contribution in [3.05, 3.63) is 54.7 Å². The van der Waals surface area contributed by atoms with Gasteiger partial charge in [0.05, 0.1) is 12.5 Å². The first-order valence-electron chi connectivity index (χ1n) is 5.06. The zero-order chi connectivity index (χ0) is 11.7. The third-order valence-electron chi connectivity index (χ3n) is 2.36. The van der Waals surface area contributed by atoms with Crippen LogP contribution in [0.2, 0.25) is 0 Å². The van der Waals surface area contributed by atoms with E-state index in [1.807, 2.05) is 12.1 Å². The zero-order valence-corrected chi connectivity index (χ0v) is 8.75. The summed E-state index contributed by atoms with van der Waals surface area (Å²) in [7, 11) is 0. The van der Waals surface area contributed by atoms with Crippen molar-refractivity contribution in [3.8, 4) is 5.75 Å². The van der Waals surface area contributed by atoms with Crippen LogP contribution >= 0.6 is 0 Å². The second-order valence-electron chi connectivity index (χ2n) is 3.49. The second kappa shape index (κ2) is 3.83. The normalized spacial score (nSPS) is 10.6. The molecule has 0 aliphatic heterocycles. The largest absolute Gasteiger partial charge is 0.464 e. The molecule has 4 heteroatoms. The molecule has 0 unspecified atom stereocenters. The Morgan fingerprint density at radius 2 is 2.00 bits per heavy atom. The van der Waals surface area contributed by atoms with Crippen molar-refractivity contribution in [2.75, 3.05) is 0 Å². The number of hydrogen-bond acceptors (Lipinski definition) is 4. The number of ether oxygens (including phenoxy) is 1. The van der Waals surface area contributed by atoms with Gasteiger partial charge < -0.3 is 13.6 Å². The van der Waals surface area contributed by atoms with Crippen molar-refractivity contribution in [3.63, 3.8) is 0 Å². The molecule has 0 aliphatic carbocycles. The third kappa shape index (κ3) is 1.80. The number of benzene rings is 1. The molecular weight excluding hydrogens is 220 g/mol. The number of carbonyl (C=O) groups is 1. The lowest BCUT2D eigenvalue weighted by Crippen LogP contribution is -2.06. The maximum Gasteiger partial charge on any atom is 0.379 e. The number of esters is 1. The summed E-state index contributed by atoms with van der Waals surface area (Å²) in [5.41, 5.74) is 0.676. The number of furan rings is 2. The number of rotatable bonds is 2. The first-order valence-corrected chi connectivity index (χ1v) is 5.06. The quantitative estimate of drug-likeness (QED) is 0.499. The van der Waals surface area contributed by atoms with Crippen LogP contribution in [0.5, 0.6) is 5.75 Å². The highest BCUT2D eigenvalue weighted by Gasteiger charge is 2.11. The summed E-state index contributed by atoms with van der Waals surface area (Å²) in [6.07, 6.45) is 3.01. The van der Waals surface area contributed by atoms with Crippen LogP contribution in [0.25, 0.3) is 11.0 Å². The van der Waals surface area contributed by atoms with Crippen molar-refractivity contribution in [1.29, 1.82) is 0 Å². The van der Waals surface area contributed by atoms with Crippen molar-refractivity contribution >= 4 is 16.9 Å². The Kier molecular flexibility index (Phi) is 2.19. The van der Waals surface area contributed by atoms with Gasteiger partial charge in [-0.1, -0.05) is 0 Å². The Morgan fingerprint density at radius 3 is 2.82 bits per heavy atom. The summed E-state index contributed by atoms with van der Waals surface area (Å²) in [5.74, 6) is 0.0688. The molecular formula is C13H8O4. The Balaban J connectivity index is 1.87. The molecule has 1 aromatic carbocycles. The van der Waals surface area contributed by atoms with E-state index in [1.165, 1.54) is 6.26 Å². The predicted molar refractivity (Wildman–Crippen MR) is 59.9 cm³/mol. The van der Waals surface area contributed by atoms with Gasteiger partial charge in [-0.2, -0.15) is 0 Å². The molecule has 3 aromatic rings. The Bertz CT molecular complexity index is 649. The maximum absolute atomic E-state index is 11.6. The molecule has 0 radical (unpaired) electrons. The van der Waals surface area contributed by atoms with Crippen LogP contribution < -0.4 is 4.74 Å². The van der Waals surface area contributed by atoms with E-state index in [0.717, 1.165) is 5.39 Å². The summed E-state index contributed by atoms with van der Waals surface area (Å²) >= 11 is 0. The van der Waals surface area contributed by atoms with Gasteiger partial charge in [-0.3, -0.25) is 0 Å². The van der Waals surface area contributed by atoms with Gasteiger partial charge >= 0.3 is 5.97 Å². The minimum absolute atomic E-state index is 0.171. The molecule has 2 heterocycles.